The smallest absolute Gasteiger partial charge is 0.0880 e. The van der Waals surface area contributed by atoms with Crippen molar-refractivity contribution in [2.24, 2.45) is 0 Å². The predicted octanol–water partition coefficient (Wildman–Crippen LogP) is 0.00850. The van der Waals surface area contributed by atoms with Crippen molar-refractivity contribution in [1.29, 1.82) is 0 Å². The van der Waals surface area contributed by atoms with E-state index in [-0.39, 0.29) is 6.10 Å². The minimum Gasteiger partial charge on any atom is -0.392 e. The molecule has 2 N–H and O–H groups in total. The van der Waals surface area contributed by atoms with Gasteiger partial charge in [-0.1, -0.05) is 0 Å². The zero-order valence-electron chi connectivity index (χ0n) is 6.32. The Morgan fingerprint density at radius 1 is 1.82 bits per heavy atom. The maximum atomic E-state index is 8.89. The molecule has 62 valence electrons. The minimum atomic E-state index is -0.304. The Morgan fingerprint density at radius 3 is 3.18 bits per heavy atom. The molecule has 0 saturated heterocycles. The molecule has 1 heterocycles. The number of aliphatic hydroxyl groups excluding tert-OH is 1. The van der Waals surface area contributed by atoms with Gasteiger partial charge >= 0.3 is 0 Å². The van der Waals surface area contributed by atoms with Gasteiger partial charge in [-0.15, -0.1) is 0 Å². The normalized spacial score (nSPS) is 13.3. The summed E-state index contributed by atoms with van der Waals surface area (Å²) in [5.74, 6) is 0. The molecule has 1 unspecified atom stereocenters. The molecule has 0 spiro atoms. The largest absolute Gasteiger partial charge is 0.392 e. The molecule has 0 aliphatic carbocycles. The summed E-state index contributed by atoms with van der Waals surface area (Å²) in [6.45, 7) is 3.02. The fraction of sp³-hybridized carbons (Fsp3) is 0.667. The fourth-order valence-corrected chi connectivity index (χ4v) is 1.10. The van der Waals surface area contributed by atoms with Crippen molar-refractivity contribution in [1.82, 2.24) is 14.1 Å². The zero-order valence-corrected chi connectivity index (χ0v) is 7.14. The van der Waals surface area contributed by atoms with E-state index in [1.54, 1.807) is 13.1 Å². The first-order valence-electron chi connectivity index (χ1n) is 3.44. The van der Waals surface area contributed by atoms with E-state index in [2.05, 4.69) is 14.1 Å². The van der Waals surface area contributed by atoms with E-state index in [4.69, 9.17) is 5.11 Å². The van der Waals surface area contributed by atoms with Gasteiger partial charge in [0.15, 0.2) is 0 Å². The lowest BCUT2D eigenvalue weighted by atomic mass is 10.4. The van der Waals surface area contributed by atoms with E-state index in [1.165, 1.54) is 11.7 Å². The summed E-state index contributed by atoms with van der Waals surface area (Å²) in [4.78, 5) is 0. The topological polar surface area (TPSA) is 58.0 Å². The average Bonchev–Trinajstić information content (AvgIpc) is 2.39. The SMILES string of the molecule is CC(O)CNCc1cnsn1. The molecule has 0 aliphatic heterocycles. The van der Waals surface area contributed by atoms with Crippen LogP contribution in [0.15, 0.2) is 6.20 Å². The average molecular weight is 173 g/mol. The second-order valence-electron chi connectivity index (χ2n) is 2.38. The Balaban J connectivity index is 2.14. The molecule has 1 aromatic heterocycles. The first kappa shape index (κ1) is 8.58. The van der Waals surface area contributed by atoms with Gasteiger partial charge in [0.1, 0.15) is 0 Å². The molecule has 5 heteroatoms. The van der Waals surface area contributed by atoms with Crippen LogP contribution >= 0.6 is 11.7 Å². The van der Waals surface area contributed by atoms with Crippen LogP contribution < -0.4 is 5.32 Å². The van der Waals surface area contributed by atoms with Crippen LogP contribution in [-0.4, -0.2) is 26.5 Å². The predicted molar refractivity (Wildman–Crippen MR) is 43.3 cm³/mol. The van der Waals surface area contributed by atoms with Gasteiger partial charge in [-0.05, 0) is 6.92 Å². The second-order valence-corrected chi connectivity index (χ2v) is 2.94. The van der Waals surface area contributed by atoms with Gasteiger partial charge in [0.2, 0.25) is 0 Å². The third kappa shape index (κ3) is 3.41. The highest BCUT2D eigenvalue weighted by molar-refractivity contribution is 6.99. The zero-order chi connectivity index (χ0) is 8.10. The number of hydrogen-bond acceptors (Lipinski definition) is 5. The Labute approximate surface area is 69.6 Å². The molecule has 1 rings (SSSR count). The van der Waals surface area contributed by atoms with Crippen LogP contribution in [0.3, 0.4) is 0 Å². The summed E-state index contributed by atoms with van der Waals surface area (Å²) in [7, 11) is 0. The highest BCUT2D eigenvalue weighted by atomic mass is 32.1. The molecule has 0 aliphatic rings. The molecule has 0 bridgehead atoms. The molecular formula is C6H11N3OS. The number of aliphatic hydroxyl groups is 1. The van der Waals surface area contributed by atoms with Gasteiger partial charge in [-0.25, -0.2) is 0 Å². The van der Waals surface area contributed by atoms with Crippen LogP contribution in [0.4, 0.5) is 0 Å². The maximum Gasteiger partial charge on any atom is 0.0880 e. The van der Waals surface area contributed by atoms with E-state index < -0.39 is 0 Å². The monoisotopic (exact) mass is 173 g/mol. The van der Waals surface area contributed by atoms with Crippen molar-refractivity contribution < 1.29 is 5.11 Å². The summed E-state index contributed by atoms with van der Waals surface area (Å²) in [5.41, 5.74) is 0.927. The second kappa shape index (κ2) is 4.38. The summed E-state index contributed by atoms with van der Waals surface area (Å²) >= 11 is 1.20. The van der Waals surface area contributed by atoms with Gasteiger partial charge in [0.05, 0.1) is 29.7 Å². The molecule has 0 fully saturated rings. The van der Waals surface area contributed by atoms with Crippen molar-refractivity contribution in [3.8, 4) is 0 Å². The third-order valence-corrected chi connectivity index (χ3v) is 1.67. The Kier molecular flexibility index (Phi) is 3.41. The lowest BCUT2D eigenvalue weighted by molar-refractivity contribution is 0.191. The molecule has 1 aromatic rings. The number of aromatic nitrogens is 2. The Bertz CT molecular complexity index is 188. The number of hydrogen-bond donors (Lipinski definition) is 2. The van der Waals surface area contributed by atoms with E-state index in [0.29, 0.717) is 13.1 Å². The van der Waals surface area contributed by atoms with Crippen molar-refractivity contribution in [3.05, 3.63) is 11.9 Å². The van der Waals surface area contributed by atoms with E-state index in [0.717, 1.165) is 5.69 Å². The Morgan fingerprint density at radius 2 is 2.64 bits per heavy atom. The van der Waals surface area contributed by atoms with Crippen LogP contribution in [0.25, 0.3) is 0 Å². The van der Waals surface area contributed by atoms with Crippen molar-refractivity contribution in [2.45, 2.75) is 19.6 Å². The first-order valence-corrected chi connectivity index (χ1v) is 4.17. The van der Waals surface area contributed by atoms with Gasteiger partial charge in [0.25, 0.3) is 0 Å². The van der Waals surface area contributed by atoms with Crippen LogP contribution in [0, 0.1) is 0 Å². The highest BCUT2D eigenvalue weighted by Crippen LogP contribution is 1.93. The van der Waals surface area contributed by atoms with Crippen LogP contribution in [0.2, 0.25) is 0 Å². The molecule has 4 nitrogen and oxygen atoms in total. The third-order valence-electron chi connectivity index (χ3n) is 1.15. The summed E-state index contributed by atoms with van der Waals surface area (Å²) in [6, 6.07) is 0. The molecule has 0 amide bonds. The number of nitrogens with one attached hydrogen (secondary N) is 1. The van der Waals surface area contributed by atoms with Crippen LogP contribution in [-0.2, 0) is 6.54 Å². The number of nitrogens with zero attached hydrogens (tertiary/aromatic N) is 2. The molecule has 0 aromatic carbocycles. The standard InChI is InChI=1S/C6H11N3OS/c1-5(10)2-7-3-6-4-8-11-9-6/h4-5,7,10H,2-3H2,1H3. The van der Waals surface area contributed by atoms with Gasteiger partial charge in [-0.3, -0.25) is 0 Å². The van der Waals surface area contributed by atoms with Crippen molar-refractivity contribution in [3.63, 3.8) is 0 Å². The molecule has 0 saturated carbocycles. The quantitative estimate of drug-likeness (QED) is 0.673. The van der Waals surface area contributed by atoms with E-state index >= 15 is 0 Å². The fourth-order valence-electron chi connectivity index (χ4n) is 0.671. The van der Waals surface area contributed by atoms with Gasteiger partial charge in [0, 0.05) is 13.1 Å². The molecule has 11 heavy (non-hydrogen) atoms. The van der Waals surface area contributed by atoms with Gasteiger partial charge in [-0.2, -0.15) is 8.75 Å². The van der Waals surface area contributed by atoms with Crippen LogP contribution in [0.1, 0.15) is 12.6 Å². The highest BCUT2D eigenvalue weighted by Gasteiger charge is 1.96. The number of rotatable bonds is 4. The molecule has 0 radical (unpaired) electrons. The minimum absolute atomic E-state index is 0.304. The Hall–Kier alpha value is -0.520. The lowest BCUT2D eigenvalue weighted by Crippen LogP contribution is -2.23. The molecule has 1 atom stereocenters. The summed E-state index contributed by atoms with van der Waals surface area (Å²) < 4.78 is 7.85. The summed E-state index contributed by atoms with van der Waals surface area (Å²) in [5, 5.41) is 11.9. The van der Waals surface area contributed by atoms with Gasteiger partial charge < -0.3 is 10.4 Å². The van der Waals surface area contributed by atoms with E-state index in [9.17, 15) is 0 Å². The van der Waals surface area contributed by atoms with Crippen molar-refractivity contribution >= 4 is 11.7 Å². The first-order chi connectivity index (χ1) is 5.29. The van der Waals surface area contributed by atoms with Crippen LogP contribution in [0.5, 0.6) is 0 Å². The lowest BCUT2D eigenvalue weighted by Gasteiger charge is -2.03. The maximum absolute atomic E-state index is 8.89. The summed E-state index contributed by atoms with van der Waals surface area (Å²) in [6.07, 6.45) is 1.42. The van der Waals surface area contributed by atoms with E-state index in [1.807, 2.05) is 0 Å². The van der Waals surface area contributed by atoms with Crippen molar-refractivity contribution in [2.75, 3.05) is 6.54 Å². The molecular weight excluding hydrogens is 162 g/mol.